The highest BCUT2D eigenvalue weighted by Crippen LogP contribution is 2.33. The topological polar surface area (TPSA) is 70.9 Å². The molecule has 0 saturated heterocycles. The summed E-state index contributed by atoms with van der Waals surface area (Å²) in [7, 11) is 0. The van der Waals surface area contributed by atoms with Gasteiger partial charge in [-0.25, -0.2) is 9.97 Å². The van der Waals surface area contributed by atoms with E-state index < -0.39 is 11.9 Å². The lowest BCUT2D eigenvalue weighted by Gasteiger charge is -2.14. The van der Waals surface area contributed by atoms with Crippen LogP contribution in [-0.4, -0.2) is 20.1 Å². The van der Waals surface area contributed by atoms with E-state index in [1.165, 1.54) is 18.3 Å². The third kappa shape index (κ3) is 4.33. The molecule has 0 saturated carbocycles. The van der Waals surface area contributed by atoms with Gasteiger partial charge in [-0.15, -0.1) is 0 Å². The fraction of sp³-hybridized carbons (Fsp3) is 0.211. The zero-order valence-corrected chi connectivity index (χ0v) is 14.6. The normalized spacial score (nSPS) is 11.6. The fourth-order valence-electron chi connectivity index (χ4n) is 2.42. The second kappa shape index (κ2) is 7.22. The van der Waals surface area contributed by atoms with Gasteiger partial charge in [-0.2, -0.15) is 13.2 Å². The number of benzene rings is 1. The molecule has 0 amide bonds. The highest BCUT2D eigenvalue weighted by Gasteiger charge is 2.34. The minimum absolute atomic E-state index is 0.0887. The molecular weight excluding hydrogens is 357 g/mol. The molecule has 0 unspecified atom stereocenters. The second-order valence-electron chi connectivity index (χ2n) is 6.23. The number of phenols is 1. The summed E-state index contributed by atoms with van der Waals surface area (Å²) in [6, 6.07) is 10.5. The molecule has 5 nitrogen and oxygen atoms in total. The van der Waals surface area contributed by atoms with E-state index in [2.05, 4.69) is 20.3 Å². The van der Waals surface area contributed by atoms with Gasteiger partial charge in [0.15, 0.2) is 11.5 Å². The fourth-order valence-corrected chi connectivity index (χ4v) is 2.42. The monoisotopic (exact) mass is 374 g/mol. The average Bonchev–Trinajstić information content (AvgIpc) is 2.63. The Morgan fingerprint density at radius 1 is 1.04 bits per heavy atom. The van der Waals surface area contributed by atoms with Crippen molar-refractivity contribution in [2.45, 2.75) is 25.9 Å². The summed E-state index contributed by atoms with van der Waals surface area (Å²) in [5.74, 6) is -0.154. The zero-order valence-electron chi connectivity index (χ0n) is 14.6. The molecule has 0 radical (unpaired) electrons. The Balaban J connectivity index is 2.06. The van der Waals surface area contributed by atoms with Gasteiger partial charge in [0.2, 0.25) is 0 Å². The van der Waals surface area contributed by atoms with Crippen LogP contribution in [0.25, 0.3) is 11.5 Å². The van der Waals surface area contributed by atoms with E-state index in [9.17, 15) is 18.3 Å². The lowest BCUT2D eigenvalue weighted by molar-refractivity contribution is -0.141. The van der Waals surface area contributed by atoms with Gasteiger partial charge in [0, 0.05) is 12.3 Å². The van der Waals surface area contributed by atoms with Crippen molar-refractivity contribution in [1.29, 1.82) is 0 Å². The van der Waals surface area contributed by atoms with E-state index in [0.29, 0.717) is 0 Å². The first-order valence-corrected chi connectivity index (χ1v) is 8.21. The van der Waals surface area contributed by atoms with Gasteiger partial charge in [-0.05, 0) is 35.7 Å². The molecule has 0 spiro atoms. The van der Waals surface area contributed by atoms with Crippen molar-refractivity contribution in [2.24, 2.45) is 0 Å². The van der Waals surface area contributed by atoms with Crippen LogP contribution in [0.2, 0.25) is 0 Å². The summed E-state index contributed by atoms with van der Waals surface area (Å²) >= 11 is 0. The van der Waals surface area contributed by atoms with Crippen LogP contribution >= 0.6 is 0 Å². The summed E-state index contributed by atoms with van der Waals surface area (Å²) in [6.45, 7) is 3.95. The summed E-state index contributed by atoms with van der Waals surface area (Å²) in [4.78, 5) is 11.7. The minimum Gasteiger partial charge on any atom is -0.506 e. The molecular formula is C19H17F3N4O. The Morgan fingerprint density at radius 3 is 2.44 bits per heavy atom. The number of hydrogen-bond acceptors (Lipinski definition) is 5. The average molecular weight is 374 g/mol. The van der Waals surface area contributed by atoms with Crippen LogP contribution in [0.3, 0.4) is 0 Å². The van der Waals surface area contributed by atoms with Crippen LogP contribution in [-0.2, 0) is 6.18 Å². The number of anilines is 2. The Hall–Kier alpha value is -3.16. The van der Waals surface area contributed by atoms with E-state index in [1.54, 1.807) is 24.3 Å². The molecule has 0 atom stereocenters. The maximum atomic E-state index is 13.3. The van der Waals surface area contributed by atoms with Crippen molar-refractivity contribution >= 4 is 11.5 Å². The van der Waals surface area contributed by atoms with Crippen LogP contribution in [0.1, 0.15) is 31.0 Å². The van der Waals surface area contributed by atoms with Gasteiger partial charge in [0.05, 0.1) is 5.69 Å². The first-order valence-electron chi connectivity index (χ1n) is 8.21. The highest BCUT2D eigenvalue weighted by atomic mass is 19.4. The SMILES string of the molecule is CC(C)c1ccc(O)c(Nc2cc(C(F)(F)F)nc(-c3ccccn3)n2)c1. The number of aromatic hydroxyl groups is 1. The van der Waals surface area contributed by atoms with E-state index in [1.807, 2.05) is 13.8 Å². The third-order valence-electron chi connectivity index (χ3n) is 3.86. The Kier molecular flexibility index (Phi) is 4.98. The first kappa shape index (κ1) is 18.6. The number of alkyl halides is 3. The maximum Gasteiger partial charge on any atom is 0.433 e. The van der Waals surface area contributed by atoms with Gasteiger partial charge in [-0.1, -0.05) is 26.0 Å². The molecule has 8 heteroatoms. The molecule has 0 aliphatic carbocycles. The quantitative estimate of drug-likeness (QED) is 0.620. The standard InChI is InChI=1S/C19H17F3N4O/c1-11(2)12-6-7-15(27)14(9-12)24-17-10-16(19(20,21)22)25-18(26-17)13-5-3-4-8-23-13/h3-11,27H,1-2H3,(H,24,25,26). The van der Waals surface area contributed by atoms with E-state index in [4.69, 9.17) is 0 Å². The molecule has 0 bridgehead atoms. The number of hydrogen-bond donors (Lipinski definition) is 2. The summed E-state index contributed by atoms with van der Waals surface area (Å²) < 4.78 is 39.8. The van der Waals surface area contributed by atoms with Gasteiger partial charge >= 0.3 is 6.18 Å². The Labute approximate surface area is 154 Å². The predicted octanol–water partition coefficient (Wildman–Crippen LogP) is 5.13. The van der Waals surface area contributed by atoms with Crippen LogP contribution in [0, 0.1) is 0 Å². The number of rotatable bonds is 4. The summed E-state index contributed by atoms with van der Waals surface area (Å²) in [6.07, 6.45) is -3.20. The number of halogens is 3. The molecule has 0 aliphatic rings. The third-order valence-corrected chi connectivity index (χ3v) is 3.86. The van der Waals surface area contributed by atoms with Crippen LogP contribution in [0.4, 0.5) is 24.7 Å². The molecule has 2 heterocycles. The molecule has 3 aromatic rings. The minimum atomic E-state index is -4.65. The van der Waals surface area contributed by atoms with Gasteiger partial charge < -0.3 is 10.4 Å². The molecule has 1 aromatic carbocycles. The van der Waals surface area contributed by atoms with E-state index >= 15 is 0 Å². The van der Waals surface area contributed by atoms with Crippen molar-refractivity contribution in [3.63, 3.8) is 0 Å². The summed E-state index contributed by atoms with van der Waals surface area (Å²) in [5, 5.41) is 12.8. The first-order chi connectivity index (χ1) is 12.7. The molecule has 0 fully saturated rings. The molecule has 140 valence electrons. The number of pyridine rings is 1. The number of phenolic OH excluding ortho intramolecular Hbond substituents is 1. The van der Waals surface area contributed by atoms with Crippen molar-refractivity contribution in [3.05, 3.63) is 59.9 Å². The number of nitrogens with one attached hydrogen (secondary N) is 1. The predicted molar refractivity (Wildman–Crippen MR) is 95.7 cm³/mol. The van der Waals surface area contributed by atoms with Gasteiger partial charge in [0.1, 0.15) is 17.3 Å². The van der Waals surface area contributed by atoms with Crippen molar-refractivity contribution in [2.75, 3.05) is 5.32 Å². The molecule has 2 aromatic heterocycles. The van der Waals surface area contributed by atoms with Gasteiger partial charge in [0.25, 0.3) is 0 Å². The van der Waals surface area contributed by atoms with Crippen molar-refractivity contribution in [1.82, 2.24) is 15.0 Å². The Morgan fingerprint density at radius 2 is 1.81 bits per heavy atom. The van der Waals surface area contributed by atoms with Crippen molar-refractivity contribution < 1.29 is 18.3 Å². The van der Waals surface area contributed by atoms with Crippen molar-refractivity contribution in [3.8, 4) is 17.3 Å². The lowest BCUT2D eigenvalue weighted by atomic mass is 10.0. The van der Waals surface area contributed by atoms with E-state index in [-0.39, 0.29) is 34.7 Å². The molecule has 0 aliphatic heterocycles. The largest absolute Gasteiger partial charge is 0.506 e. The smallest absolute Gasteiger partial charge is 0.433 e. The van der Waals surface area contributed by atoms with Crippen LogP contribution in [0.5, 0.6) is 5.75 Å². The zero-order chi connectivity index (χ0) is 19.6. The number of nitrogens with zero attached hydrogens (tertiary/aromatic N) is 3. The maximum absolute atomic E-state index is 13.3. The van der Waals surface area contributed by atoms with Gasteiger partial charge in [-0.3, -0.25) is 4.98 Å². The molecule has 3 rings (SSSR count). The number of aromatic nitrogens is 3. The van der Waals surface area contributed by atoms with Crippen LogP contribution < -0.4 is 5.32 Å². The summed E-state index contributed by atoms with van der Waals surface area (Å²) in [5.41, 5.74) is 0.303. The van der Waals surface area contributed by atoms with E-state index in [0.717, 1.165) is 11.6 Å². The van der Waals surface area contributed by atoms with Crippen LogP contribution in [0.15, 0.2) is 48.7 Å². The molecule has 27 heavy (non-hydrogen) atoms. The lowest BCUT2D eigenvalue weighted by Crippen LogP contribution is -2.11. The Bertz CT molecular complexity index is 943. The second-order valence-corrected chi connectivity index (χ2v) is 6.23. The highest BCUT2D eigenvalue weighted by molar-refractivity contribution is 5.66. The molecule has 2 N–H and O–H groups in total.